The van der Waals surface area contributed by atoms with Crippen molar-refractivity contribution in [3.8, 4) is 11.5 Å². The van der Waals surface area contributed by atoms with Crippen molar-refractivity contribution < 1.29 is 14.3 Å². The van der Waals surface area contributed by atoms with Crippen molar-refractivity contribution in [3.63, 3.8) is 0 Å². The Kier molecular flexibility index (Phi) is 5.17. The number of anilines is 1. The van der Waals surface area contributed by atoms with Crippen LogP contribution in [0.2, 0.25) is 0 Å². The minimum Gasteiger partial charge on any atom is -0.497 e. The summed E-state index contributed by atoms with van der Waals surface area (Å²) in [4.78, 5) is 12.2. The Hall–Kier alpha value is -2.53. The van der Waals surface area contributed by atoms with Crippen molar-refractivity contribution in [2.24, 2.45) is 5.73 Å². The average Bonchev–Trinajstić information content (AvgIpc) is 2.53. The van der Waals surface area contributed by atoms with E-state index in [0.29, 0.717) is 35.9 Å². The van der Waals surface area contributed by atoms with Crippen molar-refractivity contribution in [1.82, 2.24) is 0 Å². The third kappa shape index (κ3) is 4.22. The summed E-state index contributed by atoms with van der Waals surface area (Å²) < 4.78 is 10.5. The molecule has 0 spiro atoms. The van der Waals surface area contributed by atoms with Gasteiger partial charge >= 0.3 is 0 Å². The number of nitrogens with one attached hydrogen (secondary N) is 1. The van der Waals surface area contributed by atoms with Gasteiger partial charge in [-0.2, -0.15) is 0 Å². The van der Waals surface area contributed by atoms with E-state index in [1.165, 1.54) is 0 Å². The van der Waals surface area contributed by atoms with Gasteiger partial charge in [0.1, 0.15) is 18.1 Å². The first-order chi connectivity index (χ1) is 10.2. The Morgan fingerprint density at radius 1 is 1.14 bits per heavy atom. The number of rotatable bonds is 6. The fourth-order valence-corrected chi connectivity index (χ4v) is 1.81. The number of methoxy groups -OCH3 is 1. The van der Waals surface area contributed by atoms with Crippen LogP contribution in [-0.2, 0) is 0 Å². The Morgan fingerprint density at radius 2 is 1.90 bits per heavy atom. The standard InChI is InChI=1S/C16H18N2O3/c1-20-14-6-2-4-12(10-14)16(19)18-13-5-3-7-15(11-13)21-9-8-17/h2-7,10-11H,8-9,17H2,1H3,(H,18,19). The van der Waals surface area contributed by atoms with Gasteiger partial charge in [-0.05, 0) is 30.3 Å². The lowest BCUT2D eigenvalue weighted by molar-refractivity contribution is 0.102. The van der Waals surface area contributed by atoms with Gasteiger partial charge in [-0.3, -0.25) is 4.79 Å². The largest absolute Gasteiger partial charge is 0.497 e. The summed E-state index contributed by atoms with van der Waals surface area (Å²) in [6.45, 7) is 0.883. The molecule has 21 heavy (non-hydrogen) atoms. The molecule has 110 valence electrons. The lowest BCUT2D eigenvalue weighted by Crippen LogP contribution is -2.13. The van der Waals surface area contributed by atoms with Crippen molar-refractivity contribution in [3.05, 3.63) is 54.1 Å². The van der Waals surface area contributed by atoms with Crippen LogP contribution in [0.4, 0.5) is 5.69 Å². The summed E-state index contributed by atoms with van der Waals surface area (Å²) in [6.07, 6.45) is 0. The van der Waals surface area contributed by atoms with Crippen LogP contribution in [0.1, 0.15) is 10.4 Å². The Morgan fingerprint density at radius 3 is 2.67 bits per heavy atom. The second kappa shape index (κ2) is 7.31. The normalized spacial score (nSPS) is 10.0. The van der Waals surface area contributed by atoms with Crippen LogP contribution in [0.5, 0.6) is 11.5 Å². The fraction of sp³-hybridized carbons (Fsp3) is 0.188. The number of hydrogen-bond donors (Lipinski definition) is 2. The zero-order chi connectivity index (χ0) is 15.1. The second-order valence-corrected chi connectivity index (χ2v) is 4.35. The van der Waals surface area contributed by atoms with E-state index in [2.05, 4.69) is 5.32 Å². The Balaban J connectivity index is 2.08. The Bertz CT molecular complexity index is 614. The lowest BCUT2D eigenvalue weighted by Gasteiger charge is -2.09. The molecule has 2 aromatic rings. The topological polar surface area (TPSA) is 73.6 Å². The zero-order valence-electron chi connectivity index (χ0n) is 11.8. The first-order valence-corrected chi connectivity index (χ1v) is 6.61. The molecule has 0 unspecified atom stereocenters. The summed E-state index contributed by atoms with van der Waals surface area (Å²) in [6, 6.07) is 14.2. The summed E-state index contributed by atoms with van der Waals surface area (Å²) >= 11 is 0. The van der Waals surface area contributed by atoms with Gasteiger partial charge in [0, 0.05) is 23.9 Å². The van der Waals surface area contributed by atoms with E-state index in [4.69, 9.17) is 15.2 Å². The fourth-order valence-electron chi connectivity index (χ4n) is 1.81. The van der Waals surface area contributed by atoms with Gasteiger partial charge in [-0.25, -0.2) is 0 Å². The summed E-state index contributed by atoms with van der Waals surface area (Å²) in [5, 5.41) is 2.82. The second-order valence-electron chi connectivity index (χ2n) is 4.35. The SMILES string of the molecule is COc1cccc(C(=O)Nc2cccc(OCCN)c2)c1. The molecule has 0 bridgehead atoms. The van der Waals surface area contributed by atoms with E-state index in [0.717, 1.165) is 0 Å². The molecule has 0 saturated carbocycles. The molecule has 2 aromatic carbocycles. The molecule has 3 N–H and O–H groups in total. The maximum Gasteiger partial charge on any atom is 0.255 e. The van der Waals surface area contributed by atoms with Crippen LogP contribution in [0.3, 0.4) is 0 Å². The molecule has 0 fully saturated rings. The third-order valence-electron chi connectivity index (χ3n) is 2.81. The molecule has 0 aliphatic carbocycles. The average molecular weight is 286 g/mol. The number of hydrogen-bond acceptors (Lipinski definition) is 4. The molecule has 0 heterocycles. The summed E-state index contributed by atoms with van der Waals surface area (Å²) in [5.41, 5.74) is 6.59. The maximum absolute atomic E-state index is 12.2. The zero-order valence-corrected chi connectivity index (χ0v) is 11.8. The van der Waals surface area contributed by atoms with Gasteiger partial charge in [0.25, 0.3) is 5.91 Å². The van der Waals surface area contributed by atoms with Crippen LogP contribution >= 0.6 is 0 Å². The minimum absolute atomic E-state index is 0.204. The van der Waals surface area contributed by atoms with E-state index in [-0.39, 0.29) is 5.91 Å². The monoisotopic (exact) mass is 286 g/mol. The molecule has 0 atom stereocenters. The van der Waals surface area contributed by atoms with E-state index in [9.17, 15) is 4.79 Å². The van der Waals surface area contributed by atoms with E-state index in [1.54, 1.807) is 43.5 Å². The van der Waals surface area contributed by atoms with Crippen molar-refractivity contribution in [1.29, 1.82) is 0 Å². The van der Waals surface area contributed by atoms with Crippen LogP contribution in [0.25, 0.3) is 0 Å². The third-order valence-corrected chi connectivity index (χ3v) is 2.81. The van der Waals surface area contributed by atoms with Gasteiger partial charge < -0.3 is 20.5 Å². The predicted octanol–water partition coefficient (Wildman–Crippen LogP) is 2.29. The summed E-state index contributed by atoms with van der Waals surface area (Å²) in [5.74, 6) is 1.11. The van der Waals surface area contributed by atoms with Crippen molar-refractivity contribution in [2.75, 3.05) is 25.6 Å². The highest BCUT2D eigenvalue weighted by Gasteiger charge is 2.07. The molecule has 5 heteroatoms. The van der Waals surface area contributed by atoms with Crippen LogP contribution in [-0.4, -0.2) is 26.2 Å². The molecule has 0 aliphatic heterocycles. The Labute approximate surface area is 123 Å². The molecular formula is C16H18N2O3. The van der Waals surface area contributed by atoms with Gasteiger partial charge in [-0.1, -0.05) is 12.1 Å². The highest BCUT2D eigenvalue weighted by Crippen LogP contribution is 2.19. The summed E-state index contributed by atoms with van der Waals surface area (Å²) in [7, 11) is 1.56. The molecule has 0 radical (unpaired) electrons. The van der Waals surface area contributed by atoms with Gasteiger partial charge in [0.2, 0.25) is 0 Å². The van der Waals surface area contributed by atoms with E-state index < -0.39 is 0 Å². The van der Waals surface area contributed by atoms with E-state index in [1.807, 2.05) is 12.1 Å². The van der Waals surface area contributed by atoms with Crippen LogP contribution < -0.4 is 20.5 Å². The van der Waals surface area contributed by atoms with Gasteiger partial charge in [0.15, 0.2) is 0 Å². The number of amides is 1. The minimum atomic E-state index is -0.204. The highest BCUT2D eigenvalue weighted by molar-refractivity contribution is 6.04. The molecule has 2 rings (SSSR count). The number of nitrogens with two attached hydrogens (primary N) is 1. The number of carbonyl (C=O) groups is 1. The van der Waals surface area contributed by atoms with Crippen molar-refractivity contribution >= 4 is 11.6 Å². The first-order valence-electron chi connectivity index (χ1n) is 6.61. The van der Waals surface area contributed by atoms with Crippen LogP contribution in [0.15, 0.2) is 48.5 Å². The number of benzene rings is 2. The quantitative estimate of drug-likeness (QED) is 0.854. The molecule has 0 aromatic heterocycles. The highest BCUT2D eigenvalue weighted by atomic mass is 16.5. The van der Waals surface area contributed by atoms with Gasteiger partial charge in [-0.15, -0.1) is 0 Å². The predicted molar refractivity (Wildman–Crippen MR) is 81.9 cm³/mol. The van der Waals surface area contributed by atoms with Gasteiger partial charge in [0.05, 0.1) is 7.11 Å². The lowest BCUT2D eigenvalue weighted by atomic mass is 10.2. The molecular weight excluding hydrogens is 268 g/mol. The number of ether oxygens (including phenoxy) is 2. The maximum atomic E-state index is 12.2. The molecule has 5 nitrogen and oxygen atoms in total. The smallest absolute Gasteiger partial charge is 0.255 e. The molecule has 0 aliphatic rings. The number of carbonyl (C=O) groups excluding carboxylic acids is 1. The first kappa shape index (κ1) is 14.9. The molecule has 1 amide bonds. The molecule has 0 saturated heterocycles. The van der Waals surface area contributed by atoms with Crippen LogP contribution in [0, 0.1) is 0 Å². The van der Waals surface area contributed by atoms with Crippen molar-refractivity contribution in [2.45, 2.75) is 0 Å². The van der Waals surface area contributed by atoms with E-state index >= 15 is 0 Å².